The first-order valence-electron chi connectivity index (χ1n) is 7.67. The summed E-state index contributed by atoms with van der Waals surface area (Å²) in [5, 5.41) is 11.0. The lowest BCUT2D eigenvalue weighted by atomic mass is 9.92. The minimum atomic E-state index is -0.168. The van der Waals surface area contributed by atoms with Gasteiger partial charge in [0.05, 0.1) is 11.9 Å². The zero-order chi connectivity index (χ0) is 15.5. The fourth-order valence-electron chi connectivity index (χ4n) is 2.71. The quantitative estimate of drug-likeness (QED) is 0.898. The Morgan fingerprint density at radius 3 is 2.52 bits per heavy atom. The second-order valence-electron chi connectivity index (χ2n) is 5.97. The van der Waals surface area contributed by atoms with Crippen molar-refractivity contribution in [3.8, 4) is 5.69 Å². The van der Waals surface area contributed by atoms with Crippen LogP contribution in [0.15, 0.2) is 30.5 Å². The van der Waals surface area contributed by atoms with Crippen LogP contribution in [0.1, 0.15) is 41.7 Å². The van der Waals surface area contributed by atoms with E-state index in [2.05, 4.69) is 15.6 Å². The highest BCUT2D eigenvalue weighted by Gasteiger charge is 2.21. The van der Waals surface area contributed by atoms with E-state index in [1.807, 2.05) is 31.2 Å². The SMILES string of the molecule is Cc1ccc(-n2cc(C(=O)NC3CCC(N)CC3)nn2)cc1.Cl. The minimum absolute atomic E-state index is 0. The molecule has 7 heteroatoms. The van der Waals surface area contributed by atoms with Crippen LogP contribution in [0.25, 0.3) is 5.69 Å². The molecule has 0 spiro atoms. The van der Waals surface area contributed by atoms with Gasteiger partial charge in [-0.25, -0.2) is 4.68 Å². The summed E-state index contributed by atoms with van der Waals surface area (Å²) in [5.74, 6) is -0.168. The normalized spacial score (nSPS) is 20.6. The maximum absolute atomic E-state index is 12.2. The molecule has 1 aromatic heterocycles. The molecule has 0 atom stereocenters. The largest absolute Gasteiger partial charge is 0.348 e. The molecule has 3 N–H and O–H groups in total. The average Bonchev–Trinajstić information content (AvgIpc) is 3.00. The van der Waals surface area contributed by atoms with E-state index >= 15 is 0 Å². The molecule has 0 bridgehead atoms. The zero-order valence-electron chi connectivity index (χ0n) is 13.1. The van der Waals surface area contributed by atoms with Gasteiger partial charge in [0.2, 0.25) is 0 Å². The topological polar surface area (TPSA) is 85.8 Å². The van der Waals surface area contributed by atoms with Crippen molar-refractivity contribution in [3.63, 3.8) is 0 Å². The highest BCUT2D eigenvalue weighted by molar-refractivity contribution is 5.92. The van der Waals surface area contributed by atoms with Crippen molar-refractivity contribution in [2.75, 3.05) is 0 Å². The molecule has 1 aliphatic carbocycles. The van der Waals surface area contributed by atoms with Crippen molar-refractivity contribution in [2.45, 2.75) is 44.7 Å². The Morgan fingerprint density at radius 1 is 1.22 bits per heavy atom. The lowest BCUT2D eigenvalue weighted by Crippen LogP contribution is -2.40. The van der Waals surface area contributed by atoms with Gasteiger partial charge >= 0.3 is 0 Å². The Kier molecular flexibility index (Phi) is 5.74. The fraction of sp³-hybridized carbons (Fsp3) is 0.438. The third-order valence-corrected chi connectivity index (χ3v) is 4.13. The summed E-state index contributed by atoms with van der Waals surface area (Å²) in [6.07, 6.45) is 5.44. The Labute approximate surface area is 141 Å². The van der Waals surface area contributed by atoms with Gasteiger partial charge in [0.25, 0.3) is 5.91 Å². The number of halogens is 1. The summed E-state index contributed by atoms with van der Waals surface area (Å²) in [6, 6.07) is 8.37. The summed E-state index contributed by atoms with van der Waals surface area (Å²) in [5.41, 5.74) is 8.29. The van der Waals surface area contributed by atoms with Gasteiger partial charge in [0, 0.05) is 12.1 Å². The maximum atomic E-state index is 12.2. The van der Waals surface area contributed by atoms with E-state index in [-0.39, 0.29) is 30.4 Å². The van der Waals surface area contributed by atoms with E-state index in [4.69, 9.17) is 5.73 Å². The van der Waals surface area contributed by atoms with E-state index in [9.17, 15) is 4.79 Å². The van der Waals surface area contributed by atoms with Crippen LogP contribution in [0, 0.1) is 6.92 Å². The van der Waals surface area contributed by atoms with Crippen molar-refractivity contribution in [1.29, 1.82) is 0 Å². The lowest BCUT2D eigenvalue weighted by Gasteiger charge is -2.26. The number of hydrogen-bond acceptors (Lipinski definition) is 4. The molecule has 3 rings (SSSR count). The number of carbonyl (C=O) groups is 1. The number of aromatic nitrogens is 3. The third-order valence-electron chi connectivity index (χ3n) is 4.13. The number of nitrogens with zero attached hydrogens (tertiary/aromatic N) is 3. The first-order chi connectivity index (χ1) is 10.6. The molecular formula is C16H22ClN5O. The molecular weight excluding hydrogens is 314 g/mol. The van der Waals surface area contributed by atoms with Crippen molar-refractivity contribution in [3.05, 3.63) is 41.7 Å². The zero-order valence-corrected chi connectivity index (χ0v) is 13.9. The van der Waals surface area contributed by atoms with Crippen LogP contribution in [0.5, 0.6) is 0 Å². The minimum Gasteiger partial charge on any atom is -0.348 e. The molecule has 1 fully saturated rings. The number of aryl methyl sites for hydroxylation is 1. The van der Waals surface area contributed by atoms with Gasteiger partial charge in [-0.2, -0.15) is 0 Å². The van der Waals surface area contributed by atoms with Crippen molar-refractivity contribution in [2.24, 2.45) is 5.73 Å². The number of nitrogens with two attached hydrogens (primary N) is 1. The van der Waals surface area contributed by atoms with Gasteiger partial charge in [0.1, 0.15) is 0 Å². The molecule has 0 unspecified atom stereocenters. The van der Waals surface area contributed by atoms with E-state index in [0.29, 0.717) is 5.69 Å². The molecule has 124 valence electrons. The molecule has 1 heterocycles. The highest BCUT2D eigenvalue weighted by Crippen LogP contribution is 2.17. The Morgan fingerprint density at radius 2 is 1.87 bits per heavy atom. The number of hydrogen-bond donors (Lipinski definition) is 2. The average molecular weight is 336 g/mol. The predicted octanol–water partition coefficient (Wildman–Crippen LogP) is 2.00. The molecule has 0 saturated heterocycles. The van der Waals surface area contributed by atoms with Gasteiger partial charge in [-0.05, 0) is 44.7 Å². The predicted molar refractivity (Wildman–Crippen MR) is 91.0 cm³/mol. The van der Waals surface area contributed by atoms with Crippen LogP contribution < -0.4 is 11.1 Å². The number of carbonyl (C=O) groups excluding carboxylic acids is 1. The summed E-state index contributed by atoms with van der Waals surface area (Å²) in [4.78, 5) is 12.2. The Balaban J connectivity index is 0.00000192. The number of benzene rings is 1. The molecule has 1 aromatic carbocycles. The molecule has 1 aliphatic rings. The van der Waals surface area contributed by atoms with Crippen LogP contribution in [0.3, 0.4) is 0 Å². The summed E-state index contributed by atoms with van der Waals surface area (Å²) >= 11 is 0. The van der Waals surface area contributed by atoms with Crippen molar-refractivity contribution >= 4 is 18.3 Å². The van der Waals surface area contributed by atoms with E-state index in [0.717, 1.165) is 31.4 Å². The second kappa shape index (κ2) is 7.57. The number of rotatable bonds is 3. The monoisotopic (exact) mass is 335 g/mol. The van der Waals surface area contributed by atoms with Crippen molar-refractivity contribution in [1.82, 2.24) is 20.3 Å². The van der Waals surface area contributed by atoms with Crippen molar-refractivity contribution < 1.29 is 4.79 Å². The van der Waals surface area contributed by atoms with Gasteiger partial charge in [-0.1, -0.05) is 22.9 Å². The molecule has 1 saturated carbocycles. The number of amides is 1. The van der Waals surface area contributed by atoms with Gasteiger partial charge < -0.3 is 11.1 Å². The van der Waals surface area contributed by atoms with Crippen LogP contribution in [0.4, 0.5) is 0 Å². The first-order valence-corrected chi connectivity index (χ1v) is 7.67. The number of nitrogens with one attached hydrogen (secondary N) is 1. The van der Waals surface area contributed by atoms with Crippen LogP contribution in [-0.2, 0) is 0 Å². The summed E-state index contributed by atoms with van der Waals surface area (Å²) < 4.78 is 1.62. The van der Waals surface area contributed by atoms with Crippen LogP contribution >= 0.6 is 12.4 Å². The second-order valence-corrected chi connectivity index (χ2v) is 5.97. The van der Waals surface area contributed by atoms with Crippen LogP contribution in [0.2, 0.25) is 0 Å². The van der Waals surface area contributed by atoms with E-state index in [1.165, 1.54) is 5.56 Å². The van der Waals surface area contributed by atoms with Gasteiger partial charge in [0.15, 0.2) is 5.69 Å². The molecule has 0 aliphatic heterocycles. The van der Waals surface area contributed by atoms with Crippen LogP contribution in [-0.4, -0.2) is 33.0 Å². The third kappa shape index (κ3) is 4.30. The smallest absolute Gasteiger partial charge is 0.273 e. The summed E-state index contributed by atoms with van der Waals surface area (Å²) in [7, 11) is 0. The standard InChI is InChI=1S/C16H21N5O.ClH/c1-11-2-8-14(9-3-11)21-10-15(19-20-21)16(22)18-13-6-4-12(17)5-7-13;/h2-3,8-10,12-13H,4-7,17H2,1H3,(H,18,22);1H. The maximum Gasteiger partial charge on any atom is 0.273 e. The highest BCUT2D eigenvalue weighted by atomic mass is 35.5. The van der Waals surface area contributed by atoms with Gasteiger partial charge in [-0.15, -0.1) is 17.5 Å². The fourth-order valence-corrected chi connectivity index (χ4v) is 2.71. The molecule has 1 amide bonds. The first kappa shape index (κ1) is 17.4. The van der Waals surface area contributed by atoms with E-state index in [1.54, 1.807) is 10.9 Å². The van der Waals surface area contributed by atoms with Gasteiger partial charge in [-0.3, -0.25) is 4.79 Å². The van der Waals surface area contributed by atoms with E-state index < -0.39 is 0 Å². The lowest BCUT2D eigenvalue weighted by molar-refractivity contribution is 0.0920. The molecule has 2 aromatic rings. The molecule has 23 heavy (non-hydrogen) atoms. The Hall–Kier alpha value is -1.92. The molecule has 0 radical (unpaired) electrons. The summed E-state index contributed by atoms with van der Waals surface area (Å²) in [6.45, 7) is 2.03. The molecule has 6 nitrogen and oxygen atoms in total. The Bertz CT molecular complexity index is 647.